The summed E-state index contributed by atoms with van der Waals surface area (Å²) < 4.78 is 0. The fraction of sp³-hybridized carbons (Fsp3) is 0.625. The van der Waals surface area contributed by atoms with Crippen molar-refractivity contribution in [1.82, 2.24) is 10.2 Å². The zero-order valence-electron chi connectivity index (χ0n) is 11.4. The van der Waals surface area contributed by atoms with Gasteiger partial charge in [0.1, 0.15) is 0 Å². The van der Waals surface area contributed by atoms with Crippen molar-refractivity contribution in [3.05, 3.63) is 35.4 Å². The lowest BCUT2D eigenvalue weighted by Crippen LogP contribution is -2.50. The predicted octanol–water partition coefficient (Wildman–Crippen LogP) is 2.23. The van der Waals surface area contributed by atoms with Crippen LogP contribution < -0.4 is 5.32 Å². The van der Waals surface area contributed by atoms with E-state index < -0.39 is 0 Å². The maximum Gasteiger partial charge on any atom is 0.0224 e. The van der Waals surface area contributed by atoms with Crippen LogP contribution in [0.3, 0.4) is 0 Å². The maximum atomic E-state index is 3.55. The molecule has 1 aromatic rings. The van der Waals surface area contributed by atoms with Crippen molar-refractivity contribution in [2.45, 2.75) is 44.7 Å². The Morgan fingerprint density at radius 2 is 1.89 bits per heavy atom. The summed E-state index contributed by atoms with van der Waals surface area (Å²) in [6, 6.07) is 10.5. The summed E-state index contributed by atoms with van der Waals surface area (Å²) in [5.74, 6) is 0. The highest BCUT2D eigenvalue weighted by atomic mass is 15.2. The van der Waals surface area contributed by atoms with E-state index in [1.54, 1.807) is 11.1 Å². The van der Waals surface area contributed by atoms with Crippen LogP contribution in [0, 0.1) is 0 Å². The number of piperidine rings is 1. The quantitative estimate of drug-likeness (QED) is 0.877. The summed E-state index contributed by atoms with van der Waals surface area (Å²) in [5.41, 5.74) is 3.15. The van der Waals surface area contributed by atoms with Gasteiger partial charge in [-0.3, -0.25) is 4.90 Å². The van der Waals surface area contributed by atoms with Crippen molar-refractivity contribution in [1.29, 1.82) is 0 Å². The van der Waals surface area contributed by atoms with E-state index in [0.29, 0.717) is 0 Å². The smallest absolute Gasteiger partial charge is 0.0224 e. The van der Waals surface area contributed by atoms with Crippen molar-refractivity contribution in [2.24, 2.45) is 0 Å². The van der Waals surface area contributed by atoms with E-state index in [0.717, 1.165) is 12.1 Å². The van der Waals surface area contributed by atoms with Crippen LogP contribution in [0.1, 0.15) is 30.9 Å². The molecule has 0 bridgehead atoms. The lowest BCUT2D eigenvalue weighted by molar-refractivity contribution is 0.123. The first kappa shape index (κ1) is 12.2. The summed E-state index contributed by atoms with van der Waals surface area (Å²) >= 11 is 0. The second kappa shape index (κ2) is 5.41. The standard InChI is InChI=1S/C16H24N2/c1-2-18(15-8-5-9-17-12-15)16-10-13-6-3-4-7-14(13)11-16/h3-4,6-7,15-17H,2,5,8-12H2,1H3. The zero-order valence-corrected chi connectivity index (χ0v) is 11.4. The van der Waals surface area contributed by atoms with Crippen LogP contribution >= 0.6 is 0 Å². The Kier molecular flexibility index (Phi) is 3.67. The van der Waals surface area contributed by atoms with Crippen molar-refractivity contribution >= 4 is 0 Å². The second-order valence-electron chi connectivity index (χ2n) is 5.66. The summed E-state index contributed by atoms with van der Waals surface area (Å²) in [6.07, 6.45) is 5.20. The molecule has 0 spiro atoms. The third kappa shape index (κ3) is 2.32. The molecule has 1 N–H and O–H groups in total. The fourth-order valence-corrected chi connectivity index (χ4v) is 3.70. The average molecular weight is 244 g/mol. The first-order valence-corrected chi connectivity index (χ1v) is 7.41. The minimum Gasteiger partial charge on any atom is -0.315 e. The van der Waals surface area contributed by atoms with Gasteiger partial charge in [0.2, 0.25) is 0 Å². The molecule has 3 rings (SSSR count). The van der Waals surface area contributed by atoms with Crippen LogP contribution in [0.25, 0.3) is 0 Å². The number of hydrogen-bond acceptors (Lipinski definition) is 2. The van der Waals surface area contributed by atoms with Crippen LogP contribution in [0.5, 0.6) is 0 Å². The highest BCUT2D eigenvalue weighted by Crippen LogP contribution is 2.27. The molecule has 1 fully saturated rings. The molecule has 0 amide bonds. The molecule has 2 aliphatic rings. The van der Waals surface area contributed by atoms with E-state index in [-0.39, 0.29) is 0 Å². The van der Waals surface area contributed by atoms with Crippen LogP contribution in [-0.2, 0) is 12.8 Å². The normalized spacial score (nSPS) is 24.4. The molecule has 18 heavy (non-hydrogen) atoms. The monoisotopic (exact) mass is 244 g/mol. The van der Waals surface area contributed by atoms with Gasteiger partial charge in [-0.15, -0.1) is 0 Å². The molecule has 0 saturated carbocycles. The molecule has 1 unspecified atom stereocenters. The second-order valence-corrected chi connectivity index (χ2v) is 5.66. The fourth-order valence-electron chi connectivity index (χ4n) is 3.70. The Morgan fingerprint density at radius 1 is 1.17 bits per heavy atom. The Balaban J connectivity index is 1.71. The van der Waals surface area contributed by atoms with Crippen LogP contribution in [-0.4, -0.2) is 36.6 Å². The average Bonchev–Trinajstić information content (AvgIpc) is 2.84. The van der Waals surface area contributed by atoms with Gasteiger partial charge < -0.3 is 5.32 Å². The van der Waals surface area contributed by atoms with Gasteiger partial charge in [0.05, 0.1) is 0 Å². The molecule has 2 nitrogen and oxygen atoms in total. The number of nitrogens with zero attached hydrogens (tertiary/aromatic N) is 1. The molecule has 1 heterocycles. The van der Waals surface area contributed by atoms with Gasteiger partial charge in [0.25, 0.3) is 0 Å². The van der Waals surface area contributed by atoms with Crippen molar-refractivity contribution in [2.75, 3.05) is 19.6 Å². The third-order valence-electron chi connectivity index (χ3n) is 4.60. The van der Waals surface area contributed by atoms with Crippen LogP contribution in [0.2, 0.25) is 0 Å². The molecule has 1 aliphatic heterocycles. The topological polar surface area (TPSA) is 15.3 Å². The van der Waals surface area contributed by atoms with Gasteiger partial charge in [0, 0.05) is 18.6 Å². The summed E-state index contributed by atoms with van der Waals surface area (Å²) in [7, 11) is 0. The van der Waals surface area contributed by atoms with E-state index in [1.807, 2.05) is 0 Å². The Bertz CT molecular complexity index is 371. The number of benzene rings is 1. The van der Waals surface area contributed by atoms with Crippen LogP contribution in [0.15, 0.2) is 24.3 Å². The summed E-state index contributed by atoms with van der Waals surface area (Å²) in [4.78, 5) is 2.74. The van der Waals surface area contributed by atoms with Gasteiger partial charge in [-0.05, 0) is 49.9 Å². The largest absolute Gasteiger partial charge is 0.315 e. The van der Waals surface area contributed by atoms with Crippen molar-refractivity contribution in [3.8, 4) is 0 Å². The molecular weight excluding hydrogens is 220 g/mol. The lowest BCUT2D eigenvalue weighted by Gasteiger charge is -2.38. The van der Waals surface area contributed by atoms with Crippen molar-refractivity contribution in [3.63, 3.8) is 0 Å². The molecule has 1 atom stereocenters. The van der Waals surface area contributed by atoms with Crippen molar-refractivity contribution < 1.29 is 0 Å². The Morgan fingerprint density at radius 3 is 2.44 bits per heavy atom. The minimum atomic E-state index is 0.734. The van der Waals surface area contributed by atoms with E-state index in [9.17, 15) is 0 Å². The minimum absolute atomic E-state index is 0.734. The SMILES string of the molecule is CCN(C1CCCNC1)C1Cc2ccccc2C1. The third-order valence-corrected chi connectivity index (χ3v) is 4.60. The number of fused-ring (bicyclic) bond motifs is 1. The molecule has 1 saturated heterocycles. The van der Waals surface area contributed by atoms with E-state index >= 15 is 0 Å². The predicted molar refractivity (Wildman–Crippen MR) is 75.9 cm³/mol. The molecule has 0 radical (unpaired) electrons. The first-order valence-electron chi connectivity index (χ1n) is 7.41. The zero-order chi connectivity index (χ0) is 12.4. The summed E-state index contributed by atoms with van der Waals surface area (Å²) in [6.45, 7) is 5.89. The Hall–Kier alpha value is -0.860. The molecular formula is C16H24N2. The highest BCUT2D eigenvalue weighted by Gasteiger charge is 2.30. The van der Waals surface area contributed by atoms with Gasteiger partial charge in [-0.2, -0.15) is 0 Å². The molecule has 98 valence electrons. The molecule has 1 aromatic carbocycles. The van der Waals surface area contributed by atoms with Gasteiger partial charge in [-0.1, -0.05) is 31.2 Å². The van der Waals surface area contributed by atoms with E-state index in [4.69, 9.17) is 0 Å². The number of likely N-dealkylation sites (N-methyl/N-ethyl adjacent to an activating group) is 1. The Labute approximate surface area is 110 Å². The van der Waals surface area contributed by atoms with Crippen LogP contribution in [0.4, 0.5) is 0 Å². The van der Waals surface area contributed by atoms with Gasteiger partial charge in [0.15, 0.2) is 0 Å². The lowest BCUT2D eigenvalue weighted by atomic mass is 10.0. The van der Waals surface area contributed by atoms with E-state index in [1.165, 1.54) is 45.3 Å². The van der Waals surface area contributed by atoms with Gasteiger partial charge >= 0.3 is 0 Å². The van der Waals surface area contributed by atoms with Gasteiger partial charge in [-0.25, -0.2) is 0 Å². The molecule has 0 aromatic heterocycles. The maximum absolute atomic E-state index is 3.55. The molecule has 1 aliphatic carbocycles. The number of hydrogen-bond donors (Lipinski definition) is 1. The van der Waals surface area contributed by atoms with E-state index in [2.05, 4.69) is 41.4 Å². The number of rotatable bonds is 3. The number of nitrogens with one attached hydrogen (secondary N) is 1. The highest BCUT2D eigenvalue weighted by molar-refractivity contribution is 5.33. The molecule has 2 heteroatoms. The first-order chi connectivity index (χ1) is 8.88. The summed E-state index contributed by atoms with van der Waals surface area (Å²) in [5, 5.41) is 3.55.